The highest BCUT2D eigenvalue weighted by molar-refractivity contribution is 5.67. The smallest absolute Gasteiger partial charge is 0.303 e. The molecule has 114 valence electrons. The van der Waals surface area contributed by atoms with Gasteiger partial charge in [-0.15, -0.1) is 0 Å². The van der Waals surface area contributed by atoms with Gasteiger partial charge in [0.2, 0.25) is 0 Å². The van der Waals surface area contributed by atoms with E-state index >= 15 is 0 Å². The molecule has 0 aromatic rings. The molecular formula is C12H18O8. The van der Waals surface area contributed by atoms with Crippen molar-refractivity contribution in [2.75, 3.05) is 6.61 Å². The Morgan fingerprint density at radius 1 is 1.10 bits per heavy atom. The Morgan fingerprint density at radius 2 is 1.70 bits per heavy atom. The third-order valence-electron chi connectivity index (χ3n) is 3.06. The molecule has 2 fully saturated rings. The Labute approximate surface area is 115 Å². The van der Waals surface area contributed by atoms with Crippen LogP contribution in [0.5, 0.6) is 0 Å². The summed E-state index contributed by atoms with van der Waals surface area (Å²) in [6.45, 7) is 4.29. The van der Waals surface area contributed by atoms with Gasteiger partial charge in [0.05, 0.1) is 6.61 Å². The number of aliphatic hydroxyl groups excluding tert-OH is 1. The molecule has 2 saturated heterocycles. The van der Waals surface area contributed by atoms with E-state index in [1.165, 1.54) is 13.8 Å². The molecule has 1 N–H and O–H groups in total. The second-order valence-corrected chi connectivity index (χ2v) is 4.71. The van der Waals surface area contributed by atoms with Crippen molar-refractivity contribution in [3.05, 3.63) is 0 Å². The lowest BCUT2D eigenvalue weighted by Crippen LogP contribution is -2.64. The molecule has 0 bridgehead atoms. The summed E-state index contributed by atoms with van der Waals surface area (Å²) in [6, 6.07) is 0. The van der Waals surface area contributed by atoms with Crippen molar-refractivity contribution in [3.63, 3.8) is 0 Å². The molecule has 0 aromatic carbocycles. The van der Waals surface area contributed by atoms with Gasteiger partial charge in [-0.3, -0.25) is 9.59 Å². The van der Waals surface area contributed by atoms with Gasteiger partial charge in [-0.1, -0.05) is 0 Å². The summed E-state index contributed by atoms with van der Waals surface area (Å²) in [5.41, 5.74) is 0. The molecule has 2 heterocycles. The van der Waals surface area contributed by atoms with E-state index in [0.717, 1.165) is 0 Å². The zero-order chi connectivity index (χ0) is 14.9. The van der Waals surface area contributed by atoms with Gasteiger partial charge in [0.1, 0.15) is 12.2 Å². The van der Waals surface area contributed by atoms with Crippen LogP contribution < -0.4 is 0 Å². The maximum atomic E-state index is 11.2. The van der Waals surface area contributed by atoms with Crippen LogP contribution >= 0.6 is 0 Å². The molecule has 8 nitrogen and oxygen atoms in total. The first-order chi connectivity index (χ1) is 9.38. The minimum atomic E-state index is -1.41. The third kappa shape index (κ3) is 3.26. The molecule has 2 aliphatic heterocycles. The van der Waals surface area contributed by atoms with E-state index in [4.69, 9.17) is 23.7 Å². The van der Waals surface area contributed by atoms with E-state index in [2.05, 4.69) is 0 Å². The predicted molar refractivity (Wildman–Crippen MR) is 62.3 cm³/mol. The number of hydrogen-bond donors (Lipinski definition) is 1. The van der Waals surface area contributed by atoms with Crippen molar-refractivity contribution >= 4 is 11.9 Å². The highest BCUT2D eigenvalue weighted by Crippen LogP contribution is 2.31. The van der Waals surface area contributed by atoms with Crippen LogP contribution in [-0.2, 0) is 33.3 Å². The molecule has 0 amide bonds. The zero-order valence-electron chi connectivity index (χ0n) is 11.5. The first kappa shape index (κ1) is 15.2. The number of carbonyl (C=O) groups is 2. The van der Waals surface area contributed by atoms with Crippen LogP contribution in [0.2, 0.25) is 0 Å². The van der Waals surface area contributed by atoms with Crippen LogP contribution in [0.4, 0.5) is 0 Å². The van der Waals surface area contributed by atoms with Gasteiger partial charge in [-0.05, 0) is 6.92 Å². The summed E-state index contributed by atoms with van der Waals surface area (Å²) >= 11 is 0. The van der Waals surface area contributed by atoms with Gasteiger partial charge in [-0.2, -0.15) is 0 Å². The second kappa shape index (κ2) is 6.04. The summed E-state index contributed by atoms with van der Waals surface area (Å²) in [4.78, 5) is 22.4. The largest absolute Gasteiger partial charge is 0.455 e. The number of carbonyl (C=O) groups excluding carboxylic acids is 2. The molecule has 2 rings (SSSR count). The fourth-order valence-corrected chi connectivity index (χ4v) is 2.33. The summed E-state index contributed by atoms with van der Waals surface area (Å²) in [5, 5.41) is 9.90. The van der Waals surface area contributed by atoms with E-state index < -0.39 is 48.9 Å². The topological polar surface area (TPSA) is 101 Å². The average molecular weight is 290 g/mol. The van der Waals surface area contributed by atoms with E-state index in [1.807, 2.05) is 0 Å². The van der Waals surface area contributed by atoms with Gasteiger partial charge < -0.3 is 28.8 Å². The Balaban J connectivity index is 2.21. The van der Waals surface area contributed by atoms with Crippen LogP contribution in [0.25, 0.3) is 0 Å². The number of ether oxygens (including phenoxy) is 5. The molecule has 0 aliphatic carbocycles. The summed E-state index contributed by atoms with van der Waals surface area (Å²) in [5.74, 6) is -1.18. The van der Waals surface area contributed by atoms with Crippen molar-refractivity contribution < 1.29 is 38.4 Å². The zero-order valence-corrected chi connectivity index (χ0v) is 11.5. The molecular weight excluding hydrogens is 272 g/mol. The number of rotatable bonds is 2. The predicted octanol–water partition coefficient (Wildman–Crippen LogP) is -0.672. The van der Waals surface area contributed by atoms with Gasteiger partial charge in [-0.25, -0.2) is 0 Å². The van der Waals surface area contributed by atoms with Gasteiger partial charge in [0, 0.05) is 13.8 Å². The Kier molecular flexibility index (Phi) is 4.59. The lowest BCUT2D eigenvalue weighted by Gasteiger charge is -2.46. The molecule has 0 aromatic heterocycles. The number of esters is 2. The van der Waals surface area contributed by atoms with Crippen molar-refractivity contribution in [2.45, 2.75) is 57.8 Å². The molecule has 0 radical (unpaired) electrons. The van der Waals surface area contributed by atoms with Crippen molar-refractivity contribution in [3.8, 4) is 0 Å². The summed E-state index contributed by atoms with van der Waals surface area (Å²) < 4.78 is 26.2. The van der Waals surface area contributed by atoms with Crippen LogP contribution in [0.15, 0.2) is 0 Å². The minimum Gasteiger partial charge on any atom is -0.455 e. The van der Waals surface area contributed by atoms with Crippen molar-refractivity contribution in [1.82, 2.24) is 0 Å². The minimum absolute atomic E-state index is 0.188. The molecule has 2 aliphatic rings. The maximum Gasteiger partial charge on any atom is 0.303 e. The van der Waals surface area contributed by atoms with Gasteiger partial charge in [0.15, 0.2) is 24.8 Å². The van der Waals surface area contributed by atoms with Crippen LogP contribution in [0.1, 0.15) is 20.8 Å². The second-order valence-electron chi connectivity index (χ2n) is 4.71. The first-order valence-corrected chi connectivity index (χ1v) is 6.33. The SMILES string of the molecule is CC(=O)O[C@@H]1[C@@H]2OC(C)OC[C@H]2OC(O)[C@H]1OC(C)=O. The average Bonchev–Trinajstić information content (AvgIpc) is 2.33. The van der Waals surface area contributed by atoms with E-state index in [1.54, 1.807) is 6.92 Å². The fraction of sp³-hybridized carbons (Fsp3) is 0.833. The number of hydrogen-bond acceptors (Lipinski definition) is 8. The molecule has 2 unspecified atom stereocenters. The highest BCUT2D eigenvalue weighted by atomic mass is 16.7. The Bertz CT molecular complexity index is 384. The maximum absolute atomic E-state index is 11.2. The quantitative estimate of drug-likeness (QED) is 0.668. The third-order valence-corrected chi connectivity index (χ3v) is 3.06. The summed E-state index contributed by atoms with van der Waals surface area (Å²) in [7, 11) is 0. The molecule has 8 heteroatoms. The Morgan fingerprint density at radius 3 is 2.30 bits per heavy atom. The van der Waals surface area contributed by atoms with Crippen molar-refractivity contribution in [2.24, 2.45) is 0 Å². The number of fused-ring (bicyclic) bond motifs is 1. The van der Waals surface area contributed by atoms with E-state index in [0.29, 0.717) is 0 Å². The van der Waals surface area contributed by atoms with Crippen LogP contribution in [-0.4, -0.2) is 60.6 Å². The molecule has 0 spiro atoms. The highest BCUT2D eigenvalue weighted by Gasteiger charge is 2.52. The Hall–Kier alpha value is -1.22. The van der Waals surface area contributed by atoms with Crippen molar-refractivity contribution in [1.29, 1.82) is 0 Å². The summed E-state index contributed by atoms with van der Waals surface area (Å²) in [6.07, 6.45) is -5.27. The molecule has 0 saturated carbocycles. The van der Waals surface area contributed by atoms with Crippen LogP contribution in [0.3, 0.4) is 0 Å². The van der Waals surface area contributed by atoms with E-state index in [9.17, 15) is 14.7 Å². The monoisotopic (exact) mass is 290 g/mol. The lowest BCUT2D eigenvalue weighted by molar-refractivity contribution is -0.350. The molecule has 20 heavy (non-hydrogen) atoms. The lowest BCUT2D eigenvalue weighted by atomic mass is 9.97. The fourth-order valence-electron chi connectivity index (χ4n) is 2.33. The normalized spacial score (nSPS) is 40.6. The van der Waals surface area contributed by atoms with Crippen LogP contribution in [0, 0.1) is 0 Å². The van der Waals surface area contributed by atoms with E-state index in [-0.39, 0.29) is 6.61 Å². The number of aliphatic hydroxyl groups is 1. The van der Waals surface area contributed by atoms with Gasteiger partial charge in [0.25, 0.3) is 0 Å². The molecule has 6 atom stereocenters. The van der Waals surface area contributed by atoms with Gasteiger partial charge >= 0.3 is 11.9 Å². The standard InChI is InChI=1S/C12H18O8/c1-5(13)17-10-9-8(4-16-7(3)19-9)20-12(15)11(10)18-6(2)14/h7-12,15H,4H2,1-3H3/t7?,8-,9-,10-,11+,12?/m1/s1. The first-order valence-electron chi connectivity index (χ1n) is 6.33.